The molecule has 0 aliphatic carbocycles. The van der Waals surface area contributed by atoms with Gasteiger partial charge in [-0.2, -0.15) is 0 Å². The molecule has 8 heteroatoms. The summed E-state index contributed by atoms with van der Waals surface area (Å²) in [6.45, 7) is 2.70. The Balaban J connectivity index is 2.11. The zero-order valence-electron chi connectivity index (χ0n) is 11.2. The first kappa shape index (κ1) is 15.2. The molecule has 0 amide bonds. The van der Waals surface area contributed by atoms with Gasteiger partial charge in [-0.15, -0.1) is 0 Å². The molecule has 0 spiro atoms. The van der Waals surface area contributed by atoms with Gasteiger partial charge in [0, 0.05) is 18.7 Å². The summed E-state index contributed by atoms with van der Waals surface area (Å²) in [5.74, 6) is -2.86. The zero-order chi connectivity index (χ0) is 15.4. The summed E-state index contributed by atoms with van der Waals surface area (Å²) in [5.41, 5.74) is -1.29. The standard InChI is InChI=1S/C13H15FN2O5/c14-10-8-12(21-6-5-15-3-1-2-4-15)11(16(19)20)7-9(10)13(17)18/h7-8H,1-6H2,(H,17,18). The number of hydrogen-bond donors (Lipinski definition) is 1. The van der Waals surface area contributed by atoms with E-state index in [0.717, 1.165) is 32.0 Å². The molecule has 1 saturated heterocycles. The van der Waals surface area contributed by atoms with Gasteiger partial charge in [-0.1, -0.05) is 0 Å². The SMILES string of the molecule is O=C(O)c1cc([N+](=O)[O-])c(OCCN2CCCC2)cc1F. The monoisotopic (exact) mass is 298 g/mol. The highest BCUT2D eigenvalue weighted by Gasteiger charge is 2.23. The van der Waals surface area contributed by atoms with E-state index in [0.29, 0.717) is 12.6 Å². The van der Waals surface area contributed by atoms with Crippen LogP contribution in [0.5, 0.6) is 5.75 Å². The van der Waals surface area contributed by atoms with Gasteiger partial charge in [0.2, 0.25) is 0 Å². The van der Waals surface area contributed by atoms with Crippen molar-refractivity contribution in [1.29, 1.82) is 0 Å². The summed E-state index contributed by atoms with van der Waals surface area (Å²) in [5, 5.41) is 19.7. The van der Waals surface area contributed by atoms with Crippen molar-refractivity contribution in [2.24, 2.45) is 0 Å². The molecule has 1 aromatic carbocycles. The maximum atomic E-state index is 13.6. The molecule has 0 atom stereocenters. The fraction of sp³-hybridized carbons (Fsp3) is 0.462. The largest absolute Gasteiger partial charge is 0.485 e. The van der Waals surface area contributed by atoms with Crippen molar-refractivity contribution in [2.75, 3.05) is 26.2 Å². The highest BCUT2D eigenvalue weighted by Crippen LogP contribution is 2.30. The maximum absolute atomic E-state index is 13.6. The number of likely N-dealkylation sites (tertiary alicyclic amines) is 1. The summed E-state index contributed by atoms with van der Waals surface area (Å²) >= 11 is 0. The molecule has 0 bridgehead atoms. The van der Waals surface area contributed by atoms with Crippen molar-refractivity contribution in [3.63, 3.8) is 0 Å². The highest BCUT2D eigenvalue weighted by molar-refractivity contribution is 5.89. The van der Waals surface area contributed by atoms with E-state index in [2.05, 4.69) is 4.90 Å². The van der Waals surface area contributed by atoms with Crippen LogP contribution in [-0.2, 0) is 0 Å². The molecule has 0 saturated carbocycles. The van der Waals surface area contributed by atoms with Gasteiger partial charge in [-0.25, -0.2) is 9.18 Å². The van der Waals surface area contributed by atoms with Gasteiger partial charge in [-0.05, 0) is 25.9 Å². The molecule has 1 N–H and O–H groups in total. The minimum absolute atomic E-state index is 0.187. The number of ether oxygens (including phenoxy) is 1. The first-order valence-electron chi connectivity index (χ1n) is 6.55. The van der Waals surface area contributed by atoms with Crippen LogP contribution in [-0.4, -0.2) is 47.1 Å². The Bertz CT molecular complexity index is 558. The molecule has 1 aliphatic heterocycles. The number of nitro benzene ring substituents is 1. The summed E-state index contributed by atoms with van der Waals surface area (Å²) in [4.78, 5) is 23.1. The summed E-state index contributed by atoms with van der Waals surface area (Å²) in [6.07, 6.45) is 2.23. The van der Waals surface area contributed by atoms with E-state index in [9.17, 15) is 19.3 Å². The number of carboxylic acid groups (broad SMARTS) is 1. The molecule has 21 heavy (non-hydrogen) atoms. The third kappa shape index (κ3) is 3.66. The van der Waals surface area contributed by atoms with E-state index in [-0.39, 0.29) is 12.4 Å². The van der Waals surface area contributed by atoms with E-state index in [4.69, 9.17) is 9.84 Å². The molecule has 0 radical (unpaired) electrons. The fourth-order valence-corrected chi connectivity index (χ4v) is 2.26. The Morgan fingerprint density at radius 3 is 2.67 bits per heavy atom. The van der Waals surface area contributed by atoms with Crippen molar-refractivity contribution >= 4 is 11.7 Å². The number of nitro groups is 1. The normalized spacial score (nSPS) is 15.1. The second-order valence-corrected chi connectivity index (χ2v) is 4.76. The first-order valence-corrected chi connectivity index (χ1v) is 6.55. The predicted octanol–water partition coefficient (Wildman–Crippen LogP) is 1.91. The maximum Gasteiger partial charge on any atom is 0.338 e. The number of carbonyl (C=O) groups is 1. The minimum Gasteiger partial charge on any atom is -0.485 e. The number of hydrogen-bond acceptors (Lipinski definition) is 5. The smallest absolute Gasteiger partial charge is 0.338 e. The van der Waals surface area contributed by atoms with E-state index in [1.54, 1.807) is 0 Å². The molecule has 0 unspecified atom stereocenters. The third-order valence-corrected chi connectivity index (χ3v) is 3.34. The van der Waals surface area contributed by atoms with Crippen LogP contribution >= 0.6 is 0 Å². The first-order chi connectivity index (χ1) is 9.99. The van der Waals surface area contributed by atoms with E-state index in [1.807, 2.05) is 0 Å². The molecule has 1 aromatic rings. The van der Waals surface area contributed by atoms with E-state index < -0.39 is 28.0 Å². The van der Waals surface area contributed by atoms with Gasteiger partial charge in [0.15, 0.2) is 5.75 Å². The van der Waals surface area contributed by atoms with Crippen LogP contribution in [0.1, 0.15) is 23.2 Å². The van der Waals surface area contributed by atoms with Crippen molar-refractivity contribution < 1.29 is 24.0 Å². The van der Waals surface area contributed by atoms with Crippen LogP contribution in [0.2, 0.25) is 0 Å². The van der Waals surface area contributed by atoms with Crippen LogP contribution in [0.3, 0.4) is 0 Å². The Kier molecular flexibility index (Phi) is 4.69. The number of nitrogens with zero attached hydrogens (tertiary/aromatic N) is 2. The Labute approximate surface area is 120 Å². The van der Waals surface area contributed by atoms with Gasteiger partial charge < -0.3 is 9.84 Å². The molecule has 114 valence electrons. The van der Waals surface area contributed by atoms with Gasteiger partial charge in [0.1, 0.15) is 18.0 Å². The Morgan fingerprint density at radius 2 is 2.10 bits per heavy atom. The Morgan fingerprint density at radius 1 is 1.43 bits per heavy atom. The average molecular weight is 298 g/mol. The lowest BCUT2D eigenvalue weighted by Crippen LogP contribution is -2.25. The molecular weight excluding hydrogens is 283 g/mol. The van der Waals surface area contributed by atoms with E-state index in [1.165, 1.54) is 0 Å². The molecule has 2 rings (SSSR count). The second-order valence-electron chi connectivity index (χ2n) is 4.76. The van der Waals surface area contributed by atoms with Crippen LogP contribution in [0, 0.1) is 15.9 Å². The van der Waals surface area contributed by atoms with Crippen molar-refractivity contribution in [3.05, 3.63) is 33.6 Å². The number of halogens is 1. The zero-order valence-corrected chi connectivity index (χ0v) is 11.2. The molecule has 0 aromatic heterocycles. The second kappa shape index (κ2) is 6.49. The Hall–Kier alpha value is -2.22. The minimum atomic E-state index is -1.56. The lowest BCUT2D eigenvalue weighted by Gasteiger charge is -2.15. The van der Waals surface area contributed by atoms with Gasteiger partial charge in [0.05, 0.1) is 4.92 Å². The lowest BCUT2D eigenvalue weighted by atomic mass is 10.1. The van der Waals surface area contributed by atoms with Crippen LogP contribution < -0.4 is 4.74 Å². The molecule has 1 aliphatic rings. The average Bonchev–Trinajstić information content (AvgIpc) is 2.91. The van der Waals surface area contributed by atoms with Crippen molar-refractivity contribution in [1.82, 2.24) is 4.90 Å². The summed E-state index contributed by atoms with van der Waals surface area (Å²) < 4.78 is 18.8. The van der Waals surface area contributed by atoms with Crippen molar-refractivity contribution in [3.8, 4) is 5.75 Å². The number of benzene rings is 1. The van der Waals surface area contributed by atoms with Gasteiger partial charge in [0.25, 0.3) is 0 Å². The van der Waals surface area contributed by atoms with E-state index >= 15 is 0 Å². The van der Waals surface area contributed by atoms with Gasteiger partial charge in [-0.3, -0.25) is 15.0 Å². The summed E-state index contributed by atoms with van der Waals surface area (Å²) in [7, 11) is 0. The number of rotatable bonds is 6. The third-order valence-electron chi connectivity index (χ3n) is 3.34. The number of aromatic carboxylic acids is 1. The van der Waals surface area contributed by atoms with Crippen LogP contribution in [0.25, 0.3) is 0 Å². The summed E-state index contributed by atoms with van der Waals surface area (Å²) in [6, 6.07) is 1.44. The highest BCUT2D eigenvalue weighted by atomic mass is 19.1. The predicted molar refractivity (Wildman–Crippen MR) is 71.2 cm³/mol. The fourth-order valence-electron chi connectivity index (χ4n) is 2.26. The molecular formula is C13H15FN2O5. The van der Waals surface area contributed by atoms with Crippen LogP contribution in [0.4, 0.5) is 10.1 Å². The van der Waals surface area contributed by atoms with Crippen LogP contribution in [0.15, 0.2) is 12.1 Å². The quantitative estimate of drug-likeness (QED) is 0.637. The van der Waals surface area contributed by atoms with Gasteiger partial charge >= 0.3 is 11.7 Å². The van der Waals surface area contributed by atoms with Crippen molar-refractivity contribution in [2.45, 2.75) is 12.8 Å². The molecule has 7 nitrogen and oxygen atoms in total. The number of carboxylic acids is 1. The molecule has 1 fully saturated rings. The topological polar surface area (TPSA) is 92.9 Å². The molecule has 1 heterocycles. The lowest BCUT2D eigenvalue weighted by molar-refractivity contribution is -0.386.